The summed E-state index contributed by atoms with van der Waals surface area (Å²) in [5.74, 6) is -0.385. The summed E-state index contributed by atoms with van der Waals surface area (Å²) in [5, 5.41) is 2.65. The number of rotatable bonds is 3. The summed E-state index contributed by atoms with van der Waals surface area (Å²) in [6.07, 6.45) is -2.50. The highest BCUT2D eigenvalue weighted by Crippen LogP contribution is 2.29. The molecule has 1 aromatic rings. The lowest BCUT2D eigenvalue weighted by Gasteiger charge is -2.11. The molecule has 0 saturated carbocycles. The largest absolute Gasteiger partial charge is 0.416 e. The van der Waals surface area contributed by atoms with Crippen molar-refractivity contribution in [1.29, 1.82) is 0 Å². The molecule has 1 atom stereocenters. The Morgan fingerprint density at radius 1 is 1.32 bits per heavy atom. The third-order valence-corrected chi connectivity index (χ3v) is 2.99. The number of carbonyl (C=O) groups is 1. The average molecular weight is 273 g/mol. The fourth-order valence-electron chi connectivity index (χ4n) is 1.92. The van der Waals surface area contributed by atoms with Crippen LogP contribution in [0.1, 0.15) is 28.8 Å². The second-order valence-electron chi connectivity index (χ2n) is 4.42. The highest BCUT2D eigenvalue weighted by atomic mass is 19.4. The van der Waals surface area contributed by atoms with E-state index in [0.29, 0.717) is 13.2 Å². The minimum Gasteiger partial charge on any atom is -0.376 e. The maximum absolute atomic E-state index is 12.4. The molecule has 1 fully saturated rings. The molecule has 104 valence electrons. The van der Waals surface area contributed by atoms with Crippen LogP contribution in [-0.4, -0.2) is 25.2 Å². The van der Waals surface area contributed by atoms with E-state index in [1.807, 2.05) is 0 Å². The van der Waals surface area contributed by atoms with Gasteiger partial charge in [0.15, 0.2) is 0 Å². The maximum atomic E-state index is 12.4. The van der Waals surface area contributed by atoms with Gasteiger partial charge in [0.25, 0.3) is 5.91 Å². The quantitative estimate of drug-likeness (QED) is 0.919. The first kappa shape index (κ1) is 13.9. The molecular formula is C13H14F3NO2. The Morgan fingerprint density at radius 3 is 2.53 bits per heavy atom. The zero-order valence-corrected chi connectivity index (χ0v) is 10.2. The predicted octanol–water partition coefficient (Wildman–Crippen LogP) is 2.61. The van der Waals surface area contributed by atoms with Gasteiger partial charge in [0.05, 0.1) is 11.7 Å². The van der Waals surface area contributed by atoms with E-state index in [2.05, 4.69) is 5.32 Å². The number of halogens is 3. The highest BCUT2D eigenvalue weighted by Gasteiger charge is 2.30. The Balaban J connectivity index is 1.92. The second kappa shape index (κ2) is 5.61. The monoisotopic (exact) mass is 273 g/mol. The summed E-state index contributed by atoms with van der Waals surface area (Å²) in [6.45, 7) is 1.08. The number of hydrogen-bond donors (Lipinski definition) is 1. The van der Waals surface area contributed by atoms with Crippen molar-refractivity contribution in [3.63, 3.8) is 0 Å². The Hall–Kier alpha value is -1.56. The van der Waals surface area contributed by atoms with Gasteiger partial charge in [0, 0.05) is 18.7 Å². The number of amides is 1. The molecular weight excluding hydrogens is 259 g/mol. The smallest absolute Gasteiger partial charge is 0.376 e. The SMILES string of the molecule is O=C(NC[C@H]1CCCO1)c1ccc(C(F)(F)F)cc1. The molecule has 0 spiro atoms. The van der Waals surface area contributed by atoms with Crippen LogP contribution in [0.2, 0.25) is 0 Å². The standard InChI is InChI=1S/C13H14F3NO2/c14-13(15,16)10-5-3-9(4-6-10)12(18)17-8-11-2-1-7-19-11/h3-6,11H,1-2,7-8H2,(H,17,18)/t11-/m1/s1. The second-order valence-corrected chi connectivity index (χ2v) is 4.42. The first-order valence-corrected chi connectivity index (χ1v) is 6.04. The highest BCUT2D eigenvalue weighted by molar-refractivity contribution is 5.94. The number of alkyl halides is 3. The van der Waals surface area contributed by atoms with Crippen LogP contribution in [0.4, 0.5) is 13.2 Å². The van der Waals surface area contributed by atoms with Gasteiger partial charge in [-0.3, -0.25) is 4.79 Å². The third kappa shape index (κ3) is 3.70. The van der Waals surface area contributed by atoms with Crippen molar-refractivity contribution < 1.29 is 22.7 Å². The molecule has 1 N–H and O–H groups in total. The minimum atomic E-state index is -4.38. The van der Waals surface area contributed by atoms with Gasteiger partial charge in [0.1, 0.15) is 0 Å². The van der Waals surface area contributed by atoms with E-state index in [0.717, 1.165) is 25.0 Å². The number of benzene rings is 1. The zero-order valence-electron chi connectivity index (χ0n) is 10.2. The third-order valence-electron chi connectivity index (χ3n) is 2.99. The van der Waals surface area contributed by atoms with Crippen LogP contribution in [0, 0.1) is 0 Å². The van der Waals surface area contributed by atoms with Gasteiger partial charge in [0.2, 0.25) is 0 Å². The lowest BCUT2D eigenvalue weighted by Crippen LogP contribution is -2.31. The number of ether oxygens (including phenoxy) is 1. The van der Waals surface area contributed by atoms with Gasteiger partial charge in [-0.1, -0.05) is 0 Å². The van der Waals surface area contributed by atoms with Crippen molar-refractivity contribution in [2.45, 2.75) is 25.1 Å². The van der Waals surface area contributed by atoms with Gasteiger partial charge in [-0.15, -0.1) is 0 Å². The molecule has 1 amide bonds. The van der Waals surface area contributed by atoms with Gasteiger partial charge in [-0.05, 0) is 37.1 Å². The van der Waals surface area contributed by atoms with Gasteiger partial charge < -0.3 is 10.1 Å². The Bertz CT molecular complexity index is 436. The molecule has 0 bridgehead atoms. The van der Waals surface area contributed by atoms with Crippen LogP contribution < -0.4 is 5.32 Å². The Kier molecular flexibility index (Phi) is 4.09. The Labute approximate surface area is 108 Å². The topological polar surface area (TPSA) is 38.3 Å². The summed E-state index contributed by atoms with van der Waals surface area (Å²) in [5.41, 5.74) is -0.547. The lowest BCUT2D eigenvalue weighted by molar-refractivity contribution is -0.137. The zero-order chi connectivity index (χ0) is 13.9. The predicted molar refractivity (Wildman–Crippen MR) is 62.8 cm³/mol. The van der Waals surface area contributed by atoms with E-state index < -0.39 is 11.7 Å². The van der Waals surface area contributed by atoms with Crippen molar-refractivity contribution in [3.8, 4) is 0 Å². The summed E-state index contributed by atoms with van der Waals surface area (Å²) in [7, 11) is 0. The molecule has 1 heterocycles. The first-order valence-electron chi connectivity index (χ1n) is 6.04. The minimum absolute atomic E-state index is 0.0124. The molecule has 0 aromatic heterocycles. The molecule has 1 aliphatic rings. The fraction of sp³-hybridized carbons (Fsp3) is 0.462. The van der Waals surface area contributed by atoms with Crippen molar-refractivity contribution in [2.75, 3.05) is 13.2 Å². The molecule has 0 aliphatic carbocycles. The molecule has 1 aromatic carbocycles. The van der Waals surface area contributed by atoms with Crippen LogP contribution in [0.5, 0.6) is 0 Å². The van der Waals surface area contributed by atoms with Crippen LogP contribution >= 0.6 is 0 Å². The molecule has 1 aliphatic heterocycles. The number of carbonyl (C=O) groups excluding carboxylic acids is 1. The van der Waals surface area contributed by atoms with E-state index >= 15 is 0 Å². The van der Waals surface area contributed by atoms with E-state index in [1.54, 1.807) is 0 Å². The van der Waals surface area contributed by atoms with Crippen molar-refractivity contribution >= 4 is 5.91 Å². The van der Waals surface area contributed by atoms with Crippen molar-refractivity contribution in [2.24, 2.45) is 0 Å². The molecule has 0 radical (unpaired) electrons. The summed E-state index contributed by atoms with van der Waals surface area (Å²) in [6, 6.07) is 4.16. The molecule has 6 heteroatoms. The van der Waals surface area contributed by atoms with Crippen molar-refractivity contribution in [3.05, 3.63) is 35.4 Å². The normalized spacial score (nSPS) is 19.4. The fourth-order valence-corrected chi connectivity index (χ4v) is 1.92. The summed E-state index contributed by atoms with van der Waals surface area (Å²) < 4.78 is 42.4. The first-order chi connectivity index (χ1) is 8.97. The van der Waals surface area contributed by atoms with Crippen molar-refractivity contribution in [1.82, 2.24) is 5.32 Å². The molecule has 1 saturated heterocycles. The lowest BCUT2D eigenvalue weighted by atomic mass is 10.1. The van der Waals surface area contributed by atoms with Crippen LogP contribution in [0.3, 0.4) is 0 Å². The van der Waals surface area contributed by atoms with Crippen LogP contribution in [0.25, 0.3) is 0 Å². The summed E-state index contributed by atoms with van der Waals surface area (Å²) >= 11 is 0. The van der Waals surface area contributed by atoms with E-state index in [4.69, 9.17) is 4.74 Å². The summed E-state index contributed by atoms with van der Waals surface area (Å²) in [4.78, 5) is 11.7. The molecule has 3 nitrogen and oxygen atoms in total. The van der Waals surface area contributed by atoms with Crippen LogP contribution in [-0.2, 0) is 10.9 Å². The molecule has 0 unspecified atom stereocenters. The van der Waals surface area contributed by atoms with E-state index in [-0.39, 0.29) is 17.6 Å². The van der Waals surface area contributed by atoms with Gasteiger partial charge in [-0.2, -0.15) is 13.2 Å². The van der Waals surface area contributed by atoms with E-state index in [9.17, 15) is 18.0 Å². The van der Waals surface area contributed by atoms with E-state index in [1.165, 1.54) is 12.1 Å². The number of hydrogen-bond acceptors (Lipinski definition) is 2. The van der Waals surface area contributed by atoms with Crippen LogP contribution in [0.15, 0.2) is 24.3 Å². The number of nitrogens with one attached hydrogen (secondary N) is 1. The Morgan fingerprint density at radius 2 is 2.00 bits per heavy atom. The van der Waals surface area contributed by atoms with Gasteiger partial charge >= 0.3 is 6.18 Å². The maximum Gasteiger partial charge on any atom is 0.416 e. The average Bonchev–Trinajstić information content (AvgIpc) is 2.88. The molecule has 2 rings (SSSR count). The van der Waals surface area contributed by atoms with Gasteiger partial charge in [-0.25, -0.2) is 0 Å². The molecule has 19 heavy (non-hydrogen) atoms.